The van der Waals surface area contributed by atoms with Crippen molar-refractivity contribution in [2.75, 3.05) is 0 Å². The SMILES string of the molecule is CCc1[nH]nc(C(=O)NCc2cn[nH]n2)c1[N+](=O)[O-]. The van der Waals surface area contributed by atoms with Crippen molar-refractivity contribution in [1.29, 1.82) is 0 Å². The van der Waals surface area contributed by atoms with E-state index in [9.17, 15) is 14.9 Å². The summed E-state index contributed by atoms with van der Waals surface area (Å²) in [5.41, 5.74) is 0.310. The summed E-state index contributed by atoms with van der Waals surface area (Å²) in [6.07, 6.45) is 1.83. The minimum absolute atomic E-state index is 0.112. The van der Waals surface area contributed by atoms with Gasteiger partial charge in [-0.3, -0.25) is 20.0 Å². The van der Waals surface area contributed by atoms with Gasteiger partial charge in [0, 0.05) is 0 Å². The lowest BCUT2D eigenvalue weighted by molar-refractivity contribution is -0.385. The summed E-state index contributed by atoms with van der Waals surface area (Å²) in [5, 5.41) is 29.3. The van der Waals surface area contributed by atoms with E-state index in [1.54, 1.807) is 6.92 Å². The summed E-state index contributed by atoms with van der Waals surface area (Å²) in [6.45, 7) is 1.85. The molecule has 10 nitrogen and oxygen atoms in total. The minimum atomic E-state index is -0.634. The number of aryl methyl sites for hydroxylation is 1. The molecule has 2 aromatic heterocycles. The number of carbonyl (C=O) groups excluding carboxylic acids is 1. The Morgan fingerprint density at radius 1 is 1.53 bits per heavy atom. The average molecular weight is 265 g/mol. The summed E-state index contributed by atoms with van der Waals surface area (Å²) < 4.78 is 0. The molecule has 2 heterocycles. The molecule has 0 fully saturated rings. The van der Waals surface area contributed by atoms with Crippen molar-refractivity contribution in [1.82, 2.24) is 30.9 Å². The number of nitrogens with zero attached hydrogens (tertiary/aromatic N) is 4. The van der Waals surface area contributed by atoms with Crippen LogP contribution in [0.3, 0.4) is 0 Å². The van der Waals surface area contributed by atoms with Gasteiger partial charge in [0.1, 0.15) is 11.4 Å². The van der Waals surface area contributed by atoms with E-state index in [0.717, 1.165) is 0 Å². The molecule has 0 atom stereocenters. The first-order valence-corrected chi connectivity index (χ1v) is 5.48. The Morgan fingerprint density at radius 2 is 2.32 bits per heavy atom. The Bertz CT molecular complexity index is 589. The zero-order chi connectivity index (χ0) is 13.8. The van der Waals surface area contributed by atoms with E-state index in [1.165, 1.54) is 6.20 Å². The Hall–Kier alpha value is -2.78. The van der Waals surface area contributed by atoms with E-state index in [-0.39, 0.29) is 17.9 Å². The zero-order valence-electron chi connectivity index (χ0n) is 10.0. The highest BCUT2D eigenvalue weighted by atomic mass is 16.6. The first kappa shape index (κ1) is 12.7. The molecule has 2 rings (SSSR count). The summed E-state index contributed by atoms with van der Waals surface area (Å²) in [7, 11) is 0. The van der Waals surface area contributed by atoms with Crippen LogP contribution in [0.1, 0.15) is 28.8 Å². The number of aromatic nitrogens is 5. The lowest BCUT2D eigenvalue weighted by atomic mass is 10.2. The monoisotopic (exact) mass is 265 g/mol. The Balaban J connectivity index is 2.15. The van der Waals surface area contributed by atoms with Crippen molar-refractivity contribution >= 4 is 11.6 Å². The lowest BCUT2D eigenvalue weighted by Gasteiger charge is -1.99. The van der Waals surface area contributed by atoms with Crippen molar-refractivity contribution in [2.24, 2.45) is 0 Å². The van der Waals surface area contributed by atoms with Gasteiger partial charge in [-0.05, 0) is 6.42 Å². The molecule has 1 amide bonds. The fourth-order valence-electron chi connectivity index (χ4n) is 1.54. The van der Waals surface area contributed by atoms with Gasteiger partial charge in [0.25, 0.3) is 5.91 Å². The molecule has 0 bridgehead atoms. The van der Waals surface area contributed by atoms with Gasteiger partial charge >= 0.3 is 5.69 Å². The molecule has 10 heteroatoms. The third-order valence-electron chi connectivity index (χ3n) is 2.46. The van der Waals surface area contributed by atoms with Gasteiger partial charge in [0.2, 0.25) is 5.69 Å². The number of aromatic amines is 2. The maximum atomic E-state index is 11.8. The molecule has 3 N–H and O–H groups in total. The Kier molecular flexibility index (Phi) is 3.50. The molecule has 0 radical (unpaired) electrons. The van der Waals surface area contributed by atoms with E-state index in [0.29, 0.717) is 17.8 Å². The number of nitro groups is 1. The zero-order valence-corrected chi connectivity index (χ0v) is 10.0. The fraction of sp³-hybridized carbons (Fsp3) is 0.333. The number of hydrogen-bond acceptors (Lipinski definition) is 6. The van der Waals surface area contributed by atoms with Crippen LogP contribution in [0.5, 0.6) is 0 Å². The van der Waals surface area contributed by atoms with Crippen molar-refractivity contribution < 1.29 is 9.72 Å². The number of hydrogen-bond donors (Lipinski definition) is 3. The van der Waals surface area contributed by atoms with Gasteiger partial charge in [-0.15, -0.1) is 0 Å². The topological polar surface area (TPSA) is 142 Å². The summed E-state index contributed by atoms with van der Waals surface area (Å²) in [4.78, 5) is 22.2. The van der Waals surface area contributed by atoms with Crippen molar-refractivity contribution in [3.63, 3.8) is 0 Å². The molecule has 19 heavy (non-hydrogen) atoms. The predicted molar refractivity (Wildman–Crippen MR) is 62.2 cm³/mol. The van der Waals surface area contributed by atoms with Crippen LogP contribution in [0.25, 0.3) is 0 Å². The van der Waals surface area contributed by atoms with Crippen LogP contribution >= 0.6 is 0 Å². The number of amides is 1. The first-order valence-electron chi connectivity index (χ1n) is 5.48. The summed E-state index contributed by atoms with van der Waals surface area (Å²) in [6, 6.07) is 0. The van der Waals surface area contributed by atoms with Crippen LogP contribution in [0.15, 0.2) is 6.20 Å². The average Bonchev–Trinajstić information content (AvgIpc) is 3.04. The van der Waals surface area contributed by atoms with Crippen molar-refractivity contribution in [2.45, 2.75) is 19.9 Å². The third kappa shape index (κ3) is 2.56. The van der Waals surface area contributed by atoms with E-state index in [1.807, 2.05) is 0 Å². The van der Waals surface area contributed by atoms with Crippen molar-refractivity contribution in [3.8, 4) is 0 Å². The van der Waals surface area contributed by atoms with Crippen LogP contribution in [-0.2, 0) is 13.0 Å². The van der Waals surface area contributed by atoms with E-state index < -0.39 is 10.8 Å². The third-order valence-corrected chi connectivity index (χ3v) is 2.46. The number of rotatable bonds is 5. The van der Waals surface area contributed by atoms with E-state index in [4.69, 9.17) is 0 Å². The molecule has 0 saturated carbocycles. The maximum Gasteiger partial charge on any atom is 0.322 e. The molecule has 2 aromatic rings. The molecule has 0 aliphatic carbocycles. The minimum Gasteiger partial charge on any atom is -0.345 e. The number of nitrogens with one attached hydrogen (secondary N) is 3. The molecular weight excluding hydrogens is 254 g/mol. The van der Waals surface area contributed by atoms with E-state index >= 15 is 0 Å². The van der Waals surface area contributed by atoms with Crippen LogP contribution in [0, 0.1) is 10.1 Å². The normalized spacial score (nSPS) is 10.4. The Labute approximate surface area is 106 Å². The Morgan fingerprint density at radius 3 is 2.89 bits per heavy atom. The highest BCUT2D eigenvalue weighted by Crippen LogP contribution is 2.21. The summed E-state index contributed by atoms with van der Waals surface area (Å²) >= 11 is 0. The highest BCUT2D eigenvalue weighted by molar-refractivity contribution is 5.96. The van der Waals surface area contributed by atoms with Gasteiger partial charge < -0.3 is 5.32 Å². The summed E-state index contributed by atoms with van der Waals surface area (Å²) in [5.74, 6) is -0.634. The lowest BCUT2D eigenvalue weighted by Crippen LogP contribution is -2.24. The second kappa shape index (κ2) is 5.25. The fourth-order valence-corrected chi connectivity index (χ4v) is 1.54. The van der Waals surface area contributed by atoms with Crippen LogP contribution < -0.4 is 5.32 Å². The van der Waals surface area contributed by atoms with Crippen molar-refractivity contribution in [3.05, 3.63) is 33.4 Å². The molecule has 0 aliphatic rings. The van der Waals surface area contributed by atoms with Gasteiger partial charge in [0.05, 0.1) is 17.7 Å². The standard InChI is InChI=1S/C9H11N7O3/c1-2-6-8(16(18)19)7(14-13-6)9(17)10-3-5-4-11-15-12-5/h4H,2-3H2,1H3,(H,10,17)(H,13,14)(H,11,12,15). The van der Waals surface area contributed by atoms with Crippen LogP contribution in [0.4, 0.5) is 5.69 Å². The molecule has 0 aliphatic heterocycles. The van der Waals surface area contributed by atoms with Gasteiger partial charge in [-0.25, -0.2) is 0 Å². The van der Waals surface area contributed by atoms with Gasteiger partial charge in [0.15, 0.2) is 0 Å². The second-order valence-corrected chi connectivity index (χ2v) is 3.65. The highest BCUT2D eigenvalue weighted by Gasteiger charge is 2.28. The molecule has 100 valence electrons. The molecule has 0 unspecified atom stereocenters. The second-order valence-electron chi connectivity index (χ2n) is 3.65. The quantitative estimate of drug-likeness (QED) is 0.510. The largest absolute Gasteiger partial charge is 0.345 e. The maximum absolute atomic E-state index is 11.8. The number of H-pyrrole nitrogens is 2. The smallest absolute Gasteiger partial charge is 0.322 e. The first-order chi connectivity index (χ1) is 9.13. The van der Waals surface area contributed by atoms with Gasteiger partial charge in [-0.2, -0.15) is 20.5 Å². The molecule has 0 spiro atoms. The van der Waals surface area contributed by atoms with E-state index in [2.05, 4.69) is 30.9 Å². The molecule has 0 saturated heterocycles. The molecule has 0 aromatic carbocycles. The number of carbonyl (C=O) groups is 1. The predicted octanol–water partition coefficient (Wildman–Crippen LogP) is -0.0716. The van der Waals surface area contributed by atoms with Crippen LogP contribution in [-0.4, -0.2) is 36.4 Å². The van der Waals surface area contributed by atoms with Gasteiger partial charge in [-0.1, -0.05) is 6.92 Å². The van der Waals surface area contributed by atoms with Crippen LogP contribution in [0.2, 0.25) is 0 Å². The molecular formula is C9H11N7O3.